The highest BCUT2D eigenvalue weighted by atomic mass is 16.5. The molecule has 2 aromatic carbocycles. The number of cyclic esters (lactones) is 1. The van der Waals surface area contributed by atoms with Crippen molar-refractivity contribution in [1.82, 2.24) is 4.90 Å². The third-order valence-electron chi connectivity index (χ3n) is 7.00. The Morgan fingerprint density at radius 1 is 1.11 bits per heavy atom. The number of carbonyl (C=O) groups is 2. The smallest absolute Gasteiger partial charge is 0.342 e. The molecule has 2 aliphatic heterocycles. The maximum Gasteiger partial charge on any atom is 0.342 e. The zero-order valence-electron chi connectivity index (χ0n) is 22.5. The fourth-order valence-corrected chi connectivity index (χ4v) is 4.76. The number of benzene rings is 2. The molecule has 4 rings (SSSR count). The topological polar surface area (TPSA) is 83.5 Å². The third-order valence-corrected chi connectivity index (χ3v) is 7.00. The predicted octanol–water partition coefficient (Wildman–Crippen LogP) is 4.40. The lowest BCUT2D eigenvalue weighted by molar-refractivity contribution is -0.144. The Bertz CT molecular complexity index is 1150. The maximum absolute atomic E-state index is 12.7. The highest BCUT2D eigenvalue weighted by Gasteiger charge is 2.33. The van der Waals surface area contributed by atoms with Gasteiger partial charge in [-0.05, 0) is 37.8 Å². The van der Waals surface area contributed by atoms with Crippen LogP contribution in [0.3, 0.4) is 0 Å². The van der Waals surface area contributed by atoms with Crippen LogP contribution in [0.5, 0.6) is 11.5 Å². The van der Waals surface area contributed by atoms with Gasteiger partial charge in [-0.3, -0.25) is 9.69 Å². The molecule has 1 saturated heterocycles. The molecule has 0 unspecified atom stereocenters. The highest BCUT2D eigenvalue weighted by Crippen LogP contribution is 2.43. The van der Waals surface area contributed by atoms with Crippen molar-refractivity contribution in [3.8, 4) is 11.5 Å². The Morgan fingerprint density at radius 3 is 2.61 bits per heavy atom. The van der Waals surface area contributed by atoms with Crippen LogP contribution < -0.4 is 9.47 Å². The molecule has 0 aliphatic carbocycles. The second-order valence-corrected chi connectivity index (χ2v) is 9.60. The first-order valence-corrected chi connectivity index (χ1v) is 13.2. The summed E-state index contributed by atoms with van der Waals surface area (Å²) in [6, 6.07) is 9.81. The molecule has 0 spiro atoms. The quantitative estimate of drug-likeness (QED) is 0.299. The highest BCUT2D eigenvalue weighted by molar-refractivity contribution is 5.98. The van der Waals surface area contributed by atoms with Crippen molar-refractivity contribution in [2.45, 2.75) is 46.3 Å². The van der Waals surface area contributed by atoms with E-state index in [1.54, 1.807) is 7.11 Å². The number of fused-ring (bicyclic) bond motifs is 1. The Morgan fingerprint density at radius 2 is 1.87 bits per heavy atom. The van der Waals surface area contributed by atoms with Gasteiger partial charge in [0.05, 0.1) is 20.3 Å². The minimum atomic E-state index is -0.379. The summed E-state index contributed by atoms with van der Waals surface area (Å²) in [5.41, 5.74) is 5.00. The van der Waals surface area contributed by atoms with Gasteiger partial charge in [0, 0.05) is 37.2 Å². The molecule has 1 fully saturated rings. The largest absolute Gasteiger partial charge is 0.496 e. The van der Waals surface area contributed by atoms with E-state index in [1.165, 1.54) is 0 Å². The average molecular weight is 524 g/mol. The summed E-state index contributed by atoms with van der Waals surface area (Å²) < 4.78 is 28.2. The first-order chi connectivity index (χ1) is 18.5. The van der Waals surface area contributed by atoms with Crippen molar-refractivity contribution in [2.75, 3.05) is 46.6 Å². The SMILES string of the molecule is COc1c(C)c2c(c(OCc3ccccc3)c1CC=C(C)CCC(=O)OCCN1CCOCC1)C(=O)OC2. The normalized spacial score (nSPS) is 15.7. The van der Waals surface area contributed by atoms with E-state index in [9.17, 15) is 9.59 Å². The Hall–Kier alpha value is -3.36. The molecule has 0 N–H and O–H groups in total. The van der Waals surface area contributed by atoms with Crippen molar-refractivity contribution < 1.29 is 33.3 Å². The molecule has 0 aromatic heterocycles. The van der Waals surface area contributed by atoms with Crippen LogP contribution in [0.4, 0.5) is 0 Å². The number of morpholine rings is 1. The molecule has 0 amide bonds. The van der Waals surface area contributed by atoms with Crippen molar-refractivity contribution in [1.29, 1.82) is 0 Å². The van der Waals surface area contributed by atoms with Crippen LogP contribution in [0.15, 0.2) is 42.0 Å². The molecule has 0 atom stereocenters. The number of carbonyl (C=O) groups excluding carboxylic acids is 2. The van der Waals surface area contributed by atoms with E-state index in [2.05, 4.69) is 11.0 Å². The van der Waals surface area contributed by atoms with Crippen LogP contribution in [-0.2, 0) is 38.6 Å². The first-order valence-electron chi connectivity index (χ1n) is 13.2. The van der Waals surface area contributed by atoms with Gasteiger partial charge in [0.1, 0.15) is 36.9 Å². The van der Waals surface area contributed by atoms with Crippen molar-refractivity contribution in [2.24, 2.45) is 0 Å². The molecule has 2 aliphatic rings. The summed E-state index contributed by atoms with van der Waals surface area (Å²) in [6.45, 7) is 8.79. The molecule has 0 radical (unpaired) electrons. The van der Waals surface area contributed by atoms with Crippen LogP contribution in [-0.4, -0.2) is 63.4 Å². The monoisotopic (exact) mass is 523 g/mol. The van der Waals surface area contributed by atoms with Crippen LogP contribution in [0, 0.1) is 6.92 Å². The lowest BCUT2D eigenvalue weighted by atomic mass is 9.94. The summed E-state index contributed by atoms with van der Waals surface area (Å²) in [5.74, 6) is 0.610. The number of allylic oxidation sites excluding steroid dienone is 2. The van der Waals surface area contributed by atoms with Gasteiger partial charge in [0.2, 0.25) is 0 Å². The van der Waals surface area contributed by atoms with E-state index >= 15 is 0 Å². The Labute approximate surface area is 224 Å². The molecular formula is C30H37NO7. The summed E-state index contributed by atoms with van der Waals surface area (Å²) in [5, 5.41) is 0. The Kier molecular flexibility index (Phi) is 9.79. The van der Waals surface area contributed by atoms with Gasteiger partial charge >= 0.3 is 11.9 Å². The number of esters is 2. The predicted molar refractivity (Wildman–Crippen MR) is 143 cm³/mol. The number of rotatable bonds is 12. The lowest BCUT2D eigenvalue weighted by Gasteiger charge is -2.26. The van der Waals surface area contributed by atoms with Gasteiger partial charge in [-0.1, -0.05) is 42.0 Å². The van der Waals surface area contributed by atoms with Crippen molar-refractivity contribution in [3.63, 3.8) is 0 Å². The molecule has 0 bridgehead atoms. The zero-order chi connectivity index (χ0) is 26.9. The van der Waals surface area contributed by atoms with E-state index in [1.807, 2.05) is 44.2 Å². The van der Waals surface area contributed by atoms with E-state index in [-0.39, 0.29) is 18.5 Å². The van der Waals surface area contributed by atoms with Crippen LogP contribution in [0.1, 0.15) is 52.4 Å². The van der Waals surface area contributed by atoms with E-state index < -0.39 is 0 Å². The van der Waals surface area contributed by atoms with Gasteiger partial charge in [-0.2, -0.15) is 0 Å². The fraction of sp³-hybridized carbons (Fsp3) is 0.467. The number of hydrogen-bond acceptors (Lipinski definition) is 8. The molecule has 0 saturated carbocycles. The summed E-state index contributed by atoms with van der Waals surface area (Å²) in [4.78, 5) is 27.2. The van der Waals surface area contributed by atoms with E-state index in [4.69, 9.17) is 23.7 Å². The average Bonchev–Trinajstić information content (AvgIpc) is 3.33. The molecule has 8 nitrogen and oxygen atoms in total. The molecule has 2 aromatic rings. The van der Waals surface area contributed by atoms with Gasteiger partial charge in [-0.15, -0.1) is 0 Å². The summed E-state index contributed by atoms with van der Waals surface area (Å²) in [6.07, 6.45) is 3.45. The van der Waals surface area contributed by atoms with Crippen molar-refractivity contribution in [3.05, 3.63) is 69.8 Å². The van der Waals surface area contributed by atoms with Crippen LogP contribution in [0.25, 0.3) is 0 Å². The summed E-state index contributed by atoms with van der Waals surface area (Å²) in [7, 11) is 1.63. The third kappa shape index (κ3) is 6.94. The minimum absolute atomic E-state index is 0.202. The number of methoxy groups -OCH3 is 1. The molecule has 38 heavy (non-hydrogen) atoms. The van der Waals surface area contributed by atoms with E-state index in [0.29, 0.717) is 49.5 Å². The van der Waals surface area contributed by atoms with Gasteiger partial charge in [0.25, 0.3) is 0 Å². The molecular weight excluding hydrogens is 486 g/mol. The van der Waals surface area contributed by atoms with Crippen molar-refractivity contribution >= 4 is 11.9 Å². The first kappa shape index (κ1) is 27.7. The van der Waals surface area contributed by atoms with Crippen LogP contribution >= 0.6 is 0 Å². The number of hydrogen-bond donors (Lipinski definition) is 0. The van der Waals surface area contributed by atoms with Gasteiger partial charge in [-0.25, -0.2) is 4.79 Å². The number of ether oxygens (including phenoxy) is 5. The number of nitrogens with zero attached hydrogens (tertiary/aromatic N) is 1. The molecule has 204 valence electrons. The molecule has 8 heteroatoms. The second kappa shape index (κ2) is 13.4. The minimum Gasteiger partial charge on any atom is -0.496 e. The second-order valence-electron chi connectivity index (χ2n) is 9.60. The maximum atomic E-state index is 12.7. The fourth-order valence-electron chi connectivity index (χ4n) is 4.76. The lowest BCUT2D eigenvalue weighted by Crippen LogP contribution is -2.38. The summed E-state index contributed by atoms with van der Waals surface area (Å²) >= 11 is 0. The molecule has 2 heterocycles. The van der Waals surface area contributed by atoms with Gasteiger partial charge < -0.3 is 23.7 Å². The van der Waals surface area contributed by atoms with Crippen LogP contribution in [0.2, 0.25) is 0 Å². The van der Waals surface area contributed by atoms with E-state index in [0.717, 1.165) is 60.7 Å². The zero-order valence-corrected chi connectivity index (χ0v) is 22.5. The standard InChI is InChI=1S/C30H37NO7/c1-21(10-12-26(32)36-18-15-31-13-16-35-17-14-31)9-11-24-28(34-3)22(2)25-20-38-30(33)27(25)29(24)37-19-23-7-5-4-6-8-23/h4-9H,10-20H2,1-3H3. The van der Waals surface area contributed by atoms with Gasteiger partial charge in [0.15, 0.2) is 0 Å². The Balaban J connectivity index is 1.42.